The van der Waals surface area contributed by atoms with E-state index >= 15 is 0 Å². The maximum Gasteiger partial charge on any atom is 0.336 e. The molecule has 3 aromatic rings. The van der Waals surface area contributed by atoms with E-state index in [9.17, 15) is 14.4 Å². The second-order valence-corrected chi connectivity index (χ2v) is 9.34. The van der Waals surface area contributed by atoms with Gasteiger partial charge in [-0.3, -0.25) is 19.5 Å². The van der Waals surface area contributed by atoms with E-state index in [1.807, 2.05) is 43.9 Å². The molecule has 0 radical (unpaired) electrons. The Balaban J connectivity index is 1.41. The molecule has 4 rings (SSSR count). The van der Waals surface area contributed by atoms with Gasteiger partial charge in [0.25, 0.3) is 5.91 Å². The number of anilines is 1. The van der Waals surface area contributed by atoms with Crippen LogP contribution in [0.15, 0.2) is 69.7 Å². The molecule has 3 heterocycles. The highest BCUT2D eigenvalue weighted by atomic mass is 16.4. The van der Waals surface area contributed by atoms with Crippen LogP contribution in [0.25, 0.3) is 11.0 Å². The standard InChI is InChI=1S/C28H32N4O4/c1-20(2)8-12-32(23-6-7-24-21(3)17-27(34)36-25(24)18-23)26(33)9-11-30-13-15-31(16-14-30)28(35)22-5-4-10-29-19-22/h4-8,10,17-19H,9,11-16H2,1-3H3. The maximum atomic E-state index is 13.3. The highest BCUT2D eigenvalue weighted by molar-refractivity contribution is 5.96. The monoisotopic (exact) mass is 488 g/mol. The summed E-state index contributed by atoms with van der Waals surface area (Å²) in [4.78, 5) is 47.7. The fourth-order valence-corrected chi connectivity index (χ4v) is 4.34. The van der Waals surface area contributed by atoms with E-state index in [4.69, 9.17) is 4.42 Å². The number of nitrogens with zero attached hydrogens (tertiary/aromatic N) is 4. The molecule has 1 aromatic carbocycles. The molecule has 0 spiro atoms. The summed E-state index contributed by atoms with van der Waals surface area (Å²) in [6.07, 6.45) is 5.61. The van der Waals surface area contributed by atoms with Crippen LogP contribution in [0.1, 0.15) is 36.2 Å². The van der Waals surface area contributed by atoms with E-state index in [-0.39, 0.29) is 11.8 Å². The third-order valence-corrected chi connectivity index (χ3v) is 6.44. The first-order valence-corrected chi connectivity index (χ1v) is 12.2. The van der Waals surface area contributed by atoms with Crippen molar-refractivity contribution in [2.45, 2.75) is 27.2 Å². The van der Waals surface area contributed by atoms with Crippen molar-refractivity contribution >= 4 is 28.5 Å². The van der Waals surface area contributed by atoms with Gasteiger partial charge in [-0.05, 0) is 50.6 Å². The second-order valence-electron chi connectivity index (χ2n) is 9.34. The number of aryl methyl sites for hydroxylation is 1. The van der Waals surface area contributed by atoms with Gasteiger partial charge in [-0.2, -0.15) is 0 Å². The van der Waals surface area contributed by atoms with Crippen molar-refractivity contribution in [3.63, 3.8) is 0 Å². The first kappa shape index (κ1) is 25.3. The summed E-state index contributed by atoms with van der Waals surface area (Å²) < 4.78 is 5.40. The largest absolute Gasteiger partial charge is 0.423 e. The summed E-state index contributed by atoms with van der Waals surface area (Å²) in [5.74, 6) is -0.0133. The van der Waals surface area contributed by atoms with Crippen LogP contribution in [-0.4, -0.2) is 65.9 Å². The number of hydrogen-bond acceptors (Lipinski definition) is 6. The lowest BCUT2D eigenvalue weighted by Crippen LogP contribution is -2.49. The van der Waals surface area contributed by atoms with Crippen LogP contribution >= 0.6 is 0 Å². The molecule has 1 fully saturated rings. The first-order valence-electron chi connectivity index (χ1n) is 12.2. The molecular formula is C28H32N4O4. The van der Waals surface area contributed by atoms with Gasteiger partial charge in [0, 0.05) is 81.3 Å². The molecule has 0 N–H and O–H groups in total. The first-order chi connectivity index (χ1) is 17.3. The molecular weight excluding hydrogens is 456 g/mol. The third-order valence-electron chi connectivity index (χ3n) is 6.44. The maximum absolute atomic E-state index is 13.3. The number of amides is 2. The Morgan fingerprint density at radius 2 is 1.89 bits per heavy atom. The topological polar surface area (TPSA) is 87.0 Å². The van der Waals surface area contributed by atoms with Crippen LogP contribution in [0.2, 0.25) is 0 Å². The average Bonchev–Trinajstić information content (AvgIpc) is 2.87. The summed E-state index contributed by atoms with van der Waals surface area (Å²) in [6.45, 7) is 9.59. The lowest BCUT2D eigenvalue weighted by Gasteiger charge is -2.35. The fraction of sp³-hybridized carbons (Fsp3) is 0.357. The Labute approximate surface area is 210 Å². The van der Waals surface area contributed by atoms with E-state index in [0.29, 0.717) is 62.5 Å². The number of piperazine rings is 1. The normalized spacial score (nSPS) is 14.0. The molecule has 1 aliphatic heterocycles. The minimum atomic E-state index is -0.402. The number of pyridine rings is 1. The van der Waals surface area contributed by atoms with Crippen molar-refractivity contribution in [2.24, 2.45) is 0 Å². The Hall–Kier alpha value is -3.78. The Kier molecular flexibility index (Phi) is 7.95. The van der Waals surface area contributed by atoms with Gasteiger partial charge in [-0.15, -0.1) is 0 Å². The second kappa shape index (κ2) is 11.3. The van der Waals surface area contributed by atoms with Crippen LogP contribution < -0.4 is 10.5 Å². The molecule has 0 bridgehead atoms. The number of allylic oxidation sites excluding steroid dienone is 1. The van der Waals surface area contributed by atoms with Gasteiger partial charge in [0.05, 0.1) is 5.56 Å². The number of carbonyl (C=O) groups excluding carboxylic acids is 2. The zero-order chi connectivity index (χ0) is 25.7. The van der Waals surface area contributed by atoms with Crippen LogP contribution in [0.4, 0.5) is 5.69 Å². The fourth-order valence-electron chi connectivity index (χ4n) is 4.34. The van der Waals surface area contributed by atoms with Crippen LogP contribution in [0, 0.1) is 6.92 Å². The minimum absolute atomic E-state index is 0.00397. The number of carbonyl (C=O) groups is 2. The smallest absolute Gasteiger partial charge is 0.336 e. The molecule has 1 saturated heterocycles. The molecule has 8 nitrogen and oxygen atoms in total. The Morgan fingerprint density at radius 3 is 2.58 bits per heavy atom. The minimum Gasteiger partial charge on any atom is -0.423 e. The summed E-state index contributed by atoms with van der Waals surface area (Å²) in [6, 6.07) is 10.6. The van der Waals surface area contributed by atoms with Crippen LogP contribution in [0.5, 0.6) is 0 Å². The van der Waals surface area contributed by atoms with Gasteiger partial charge in [-0.25, -0.2) is 4.79 Å². The number of fused-ring (bicyclic) bond motifs is 1. The van der Waals surface area contributed by atoms with Gasteiger partial charge in [-0.1, -0.05) is 11.6 Å². The predicted molar refractivity (Wildman–Crippen MR) is 140 cm³/mol. The average molecular weight is 489 g/mol. The Morgan fingerprint density at radius 1 is 1.11 bits per heavy atom. The zero-order valence-electron chi connectivity index (χ0n) is 21.1. The molecule has 36 heavy (non-hydrogen) atoms. The molecule has 2 aromatic heterocycles. The number of hydrogen-bond donors (Lipinski definition) is 0. The molecule has 188 valence electrons. The van der Waals surface area contributed by atoms with Crippen LogP contribution in [-0.2, 0) is 4.79 Å². The van der Waals surface area contributed by atoms with Crippen molar-refractivity contribution in [3.05, 3.63) is 82.0 Å². The molecule has 1 aliphatic rings. The van der Waals surface area contributed by atoms with Crippen molar-refractivity contribution in [1.29, 1.82) is 0 Å². The molecule has 0 aliphatic carbocycles. The third kappa shape index (κ3) is 6.07. The van der Waals surface area contributed by atoms with Gasteiger partial charge >= 0.3 is 5.63 Å². The predicted octanol–water partition coefficient (Wildman–Crippen LogP) is 3.64. The summed E-state index contributed by atoms with van der Waals surface area (Å²) in [5.41, 5.74) is 3.33. The van der Waals surface area contributed by atoms with Crippen molar-refractivity contribution in [1.82, 2.24) is 14.8 Å². The van der Waals surface area contributed by atoms with E-state index < -0.39 is 5.63 Å². The molecule has 8 heteroatoms. The highest BCUT2D eigenvalue weighted by Crippen LogP contribution is 2.24. The number of rotatable bonds is 7. The molecule has 2 amide bonds. The van der Waals surface area contributed by atoms with Crippen molar-refractivity contribution in [3.8, 4) is 0 Å². The van der Waals surface area contributed by atoms with Gasteiger partial charge in [0.1, 0.15) is 5.58 Å². The SMILES string of the molecule is CC(C)=CCN(C(=O)CCN1CCN(C(=O)c2cccnc2)CC1)c1ccc2c(C)cc(=O)oc2c1. The van der Waals surface area contributed by atoms with Crippen molar-refractivity contribution < 1.29 is 14.0 Å². The lowest BCUT2D eigenvalue weighted by atomic mass is 10.1. The van der Waals surface area contributed by atoms with E-state index in [1.54, 1.807) is 35.5 Å². The molecule has 0 unspecified atom stereocenters. The summed E-state index contributed by atoms with van der Waals surface area (Å²) in [7, 11) is 0. The van der Waals surface area contributed by atoms with Gasteiger partial charge in [0.2, 0.25) is 5.91 Å². The summed E-state index contributed by atoms with van der Waals surface area (Å²) >= 11 is 0. The summed E-state index contributed by atoms with van der Waals surface area (Å²) in [5, 5.41) is 0.853. The van der Waals surface area contributed by atoms with Crippen molar-refractivity contribution in [2.75, 3.05) is 44.2 Å². The van der Waals surface area contributed by atoms with Gasteiger partial charge < -0.3 is 14.2 Å². The molecule has 0 saturated carbocycles. The van der Waals surface area contributed by atoms with E-state index in [0.717, 1.165) is 16.5 Å². The highest BCUT2D eigenvalue weighted by Gasteiger charge is 2.23. The molecule has 0 atom stereocenters. The van der Waals surface area contributed by atoms with Crippen LogP contribution in [0.3, 0.4) is 0 Å². The quantitative estimate of drug-likeness (QED) is 0.373. The van der Waals surface area contributed by atoms with E-state index in [1.165, 1.54) is 6.07 Å². The Bertz CT molecular complexity index is 1320. The lowest BCUT2D eigenvalue weighted by molar-refractivity contribution is -0.118. The van der Waals surface area contributed by atoms with E-state index in [2.05, 4.69) is 9.88 Å². The van der Waals surface area contributed by atoms with Gasteiger partial charge in [0.15, 0.2) is 0 Å². The number of aromatic nitrogens is 1. The number of benzene rings is 1. The zero-order valence-corrected chi connectivity index (χ0v) is 21.1.